The fraction of sp³-hybridized carbons (Fsp3) is 0.143. The third-order valence-corrected chi connectivity index (χ3v) is 2.71. The lowest BCUT2D eigenvalue weighted by molar-refractivity contribution is 0.102. The van der Waals surface area contributed by atoms with E-state index >= 15 is 0 Å². The Hall–Kier alpha value is -2.30. The van der Waals surface area contributed by atoms with Crippen molar-refractivity contribution < 1.29 is 13.6 Å². The van der Waals surface area contributed by atoms with Gasteiger partial charge in [0.15, 0.2) is 5.82 Å². The zero-order valence-corrected chi connectivity index (χ0v) is 10.3. The Bertz CT molecular complexity index is 597. The summed E-state index contributed by atoms with van der Waals surface area (Å²) in [4.78, 5) is 14.9. The minimum Gasteiger partial charge on any atom is -0.322 e. The lowest BCUT2D eigenvalue weighted by atomic mass is 10.1. The molecule has 2 rings (SSSR count). The van der Waals surface area contributed by atoms with Crippen molar-refractivity contribution in [2.75, 3.05) is 5.32 Å². The molecule has 0 unspecified atom stereocenters. The van der Waals surface area contributed by atoms with E-state index in [4.69, 9.17) is 0 Å². The number of carbonyl (C=O) groups is 1. The quantitative estimate of drug-likeness (QED) is 0.863. The van der Waals surface area contributed by atoms with E-state index in [9.17, 15) is 13.6 Å². The molecule has 0 aliphatic heterocycles. The molecule has 3 nitrogen and oxygen atoms in total. The second kappa shape index (κ2) is 5.56. The van der Waals surface area contributed by atoms with Crippen LogP contribution < -0.4 is 5.32 Å². The molecule has 1 aromatic carbocycles. The first-order valence-corrected chi connectivity index (χ1v) is 5.82. The molecule has 1 amide bonds. The lowest BCUT2D eigenvalue weighted by Gasteiger charge is -2.06. The summed E-state index contributed by atoms with van der Waals surface area (Å²) in [5, 5.41) is 2.50. The van der Waals surface area contributed by atoms with Crippen molar-refractivity contribution >= 4 is 11.6 Å². The predicted octanol–water partition coefficient (Wildman–Crippen LogP) is 3.17. The zero-order valence-electron chi connectivity index (χ0n) is 10.3. The molecule has 0 radical (unpaired) electrons. The van der Waals surface area contributed by atoms with E-state index in [1.807, 2.05) is 19.1 Å². The molecule has 19 heavy (non-hydrogen) atoms. The van der Waals surface area contributed by atoms with Crippen molar-refractivity contribution in [1.82, 2.24) is 4.98 Å². The summed E-state index contributed by atoms with van der Waals surface area (Å²) < 4.78 is 26.3. The van der Waals surface area contributed by atoms with E-state index < -0.39 is 17.7 Å². The molecule has 0 saturated heterocycles. The first-order valence-electron chi connectivity index (χ1n) is 5.82. The lowest BCUT2D eigenvalue weighted by Crippen LogP contribution is -2.15. The van der Waals surface area contributed by atoms with Gasteiger partial charge in [0.25, 0.3) is 5.91 Å². The molecule has 0 fully saturated rings. The highest BCUT2D eigenvalue weighted by Crippen LogP contribution is 2.14. The molecule has 5 heteroatoms. The molecule has 2 aromatic rings. The fourth-order valence-corrected chi connectivity index (χ4v) is 1.62. The second-order valence-electron chi connectivity index (χ2n) is 3.97. The standard InChI is InChI=1S/C14H12F2N2O/c1-2-9-3-5-10(6-4-9)18-14(19)11-7-8-17-13(16)12(11)15/h3-8H,2H2,1H3,(H,18,19). The number of amides is 1. The highest BCUT2D eigenvalue weighted by atomic mass is 19.2. The average molecular weight is 262 g/mol. The van der Waals surface area contributed by atoms with Gasteiger partial charge >= 0.3 is 0 Å². The molecule has 0 spiro atoms. The molecule has 0 atom stereocenters. The van der Waals surface area contributed by atoms with Crippen molar-refractivity contribution in [2.45, 2.75) is 13.3 Å². The second-order valence-corrected chi connectivity index (χ2v) is 3.97. The monoisotopic (exact) mass is 262 g/mol. The minimum atomic E-state index is -1.28. The molecule has 1 N–H and O–H groups in total. The van der Waals surface area contributed by atoms with Gasteiger partial charge in [-0.1, -0.05) is 19.1 Å². The molecular weight excluding hydrogens is 250 g/mol. The van der Waals surface area contributed by atoms with Gasteiger partial charge in [0.05, 0.1) is 5.56 Å². The van der Waals surface area contributed by atoms with Crippen LogP contribution in [0.4, 0.5) is 14.5 Å². The van der Waals surface area contributed by atoms with Crippen LogP contribution in [-0.4, -0.2) is 10.9 Å². The third-order valence-electron chi connectivity index (χ3n) is 2.71. The summed E-state index contributed by atoms with van der Waals surface area (Å²) >= 11 is 0. The van der Waals surface area contributed by atoms with Crippen LogP contribution in [0, 0.1) is 11.8 Å². The van der Waals surface area contributed by atoms with Gasteiger partial charge in [0.2, 0.25) is 5.95 Å². The van der Waals surface area contributed by atoms with Crippen molar-refractivity contribution in [2.24, 2.45) is 0 Å². The number of aryl methyl sites for hydroxylation is 1. The van der Waals surface area contributed by atoms with Gasteiger partial charge in [0, 0.05) is 11.9 Å². The highest BCUT2D eigenvalue weighted by molar-refractivity contribution is 6.04. The summed E-state index contributed by atoms with van der Waals surface area (Å²) in [6.07, 6.45) is 1.94. The number of hydrogen-bond acceptors (Lipinski definition) is 2. The van der Waals surface area contributed by atoms with E-state index in [-0.39, 0.29) is 5.56 Å². The number of rotatable bonds is 3. The molecule has 1 heterocycles. The van der Waals surface area contributed by atoms with Crippen molar-refractivity contribution in [3.8, 4) is 0 Å². The molecule has 0 saturated carbocycles. The zero-order chi connectivity index (χ0) is 13.8. The van der Waals surface area contributed by atoms with Crippen LogP contribution in [0.5, 0.6) is 0 Å². The maximum atomic E-state index is 13.4. The molecule has 1 aromatic heterocycles. The Morgan fingerprint density at radius 2 is 1.89 bits per heavy atom. The van der Waals surface area contributed by atoms with E-state index in [2.05, 4.69) is 10.3 Å². The van der Waals surface area contributed by atoms with Crippen molar-refractivity contribution in [3.63, 3.8) is 0 Å². The van der Waals surface area contributed by atoms with E-state index in [1.54, 1.807) is 12.1 Å². The van der Waals surface area contributed by atoms with Crippen LogP contribution in [0.1, 0.15) is 22.8 Å². The summed E-state index contributed by atoms with van der Waals surface area (Å²) in [6.45, 7) is 2.02. The van der Waals surface area contributed by atoms with Gasteiger partial charge in [0.1, 0.15) is 0 Å². The molecule has 98 valence electrons. The Morgan fingerprint density at radius 1 is 1.21 bits per heavy atom. The van der Waals surface area contributed by atoms with Gasteiger partial charge in [-0.15, -0.1) is 0 Å². The number of aromatic nitrogens is 1. The molecular formula is C14H12F2N2O. The topological polar surface area (TPSA) is 42.0 Å². The summed E-state index contributed by atoms with van der Waals surface area (Å²) in [5.41, 5.74) is 1.28. The number of halogens is 2. The number of pyridine rings is 1. The normalized spacial score (nSPS) is 10.3. The predicted molar refractivity (Wildman–Crippen MR) is 67.9 cm³/mol. The largest absolute Gasteiger partial charge is 0.322 e. The summed E-state index contributed by atoms with van der Waals surface area (Å²) in [6, 6.07) is 8.28. The Balaban J connectivity index is 2.18. The van der Waals surface area contributed by atoms with Crippen LogP contribution in [0.15, 0.2) is 36.5 Å². The smallest absolute Gasteiger partial charge is 0.258 e. The van der Waals surface area contributed by atoms with Crippen molar-refractivity contribution in [3.05, 3.63) is 59.4 Å². The van der Waals surface area contributed by atoms with Gasteiger partial charge < -0.3 is 5.32 Å². The first kappa shape index (κ1) is 13.1. The van der Waals surface area contributed by atoms with Crippen LogP contribution in [0.3, 0.4) is 0 Å². The van der Waals surface area contributed by atoms with Crippen LogP contribution in [-0.2, 0) is 6.42 Å². The van der Waals surface area contributed by atoms with Gasteiger partial charge in [-0.05, 0) is 30.2 Å². The number of nitrogens with zero attached hydrogens (tertiary/aromatic N) is 1. The fourth-order valence-electron chi connectivity index (χ4n) is 1.62. The van der Waals surface area contributed by atoms with Crippen LogP contribution in [0.25, 0.3) is 0 Å². The Morgan fingerprint density at radius 3 is 2.53 bits per heavy atom. The molecule has 0 aliphatic rings. The van der Waals surface area contributed by atoms with Crippen LogP contribution >= 0.6 is 0 Å². The number of hydrogen-bond donors (Lipinski definition) is 1. The number of anilines is 1. The van der Waals surface area contributed by atoms with Gasteiger partial charge in [-0.25, -0.2) is 9.37 Å². The first-order chi connectivity index (χ1) is 9.11. The Kier molecular flexibility index (Phi) is 3.85. The van der Waals surface area contributed by atoms with Crippen LogP contribution in [0.2, 0.25) is 0 Å². The molecule has 0 bridgehead atoms. The Labute approximate surface area is 109 Å². The average Bonchev–Trinajstić information content (AvgIpc) is 2.42. The van der Waals surface area contributed by atoms with Gasteiger partial charge in [-0.3, -0.25) is 4.79 Å². The number of carbonyl (C=O) groups excluding carboxylic acids is 1. The van der Waals surface area contributed by atoms with E-state index in [0.717, 1.165) is 24.2 Å². The number of nitrogens with one attached hydrogen (secondary N) is 1. The van der Waals surface area contributed by atoms with E-state index in [1.165, 1.54) is 0 Å². The highest BCUT2D eigenvalue weighted by Gasteiger charge is 2.15. The summed E-state index contributed by atoms with van der Waals surface area (Å²) in [7, 11) is 0. The van der Waals surface area contributed by atoms with Gasteiger partial charge in [-0.2, -0.15) is 4.39 Å². The minimum absolute atomic E-state index is 0.368. The number of benzene rings is 1. The summed E-state index contributed by atoms with van der Waals surface area (Å²) in [5.74, 6) is -3.23. The molecule has 0 aliphatic carbocycles. The van der Waals surface area contributed by atoms with E-state index in [0.29, 0.717) is 5.69 Å². The third kappa shape index (κ3) is 2.93. The SMILES string of the molecule is CCc1ccc(NC(=O)c2ccnc(F)c2F)cc1. The maximum Gasteiger partial charge on any atom is 0.258 e. The van der Waals surface area contributed by atoms with Crippen molar-refractivity contribution in [1.29, 1.82) is 0 Å². The maximum absolute atomic E-state index is 13.4.